The van der Waals surface area contributed by atoms with Gasteiger partial charge in [-0.2, -0.15) is 0 Å². The molecule has 0 spiro atoms. The molecular formula is C22H19ClN4. The number of aromatic nitrogens is 1. The summed E-state index contributed by atoms with van der Waals surface area (Å²) in [5, 5.41) is 7.40. The van der Waals surface area contributed by atoms with Crippen molar-refractivity contribution in [3.63, 3.8) is 0 Å². The van der Waals surface area contributed by atoms with E-state index in [2.05, 4.69) is 35.2 Å². The van der Waals surface area contributed by atoms with E-state index in [0.717, 1.165) is 39.6 Å². The lowest BCUT2D eigenvalue weighted by molar-refractivity contribution is 0.810. The number of benzene rings is 2. The van der Waals surface area contributed by atoms with E-state index >= 15 is 0 Å². The van der Waals surface area contributed by atoms with Crippen LogP contribution in [-0.4, -0.2) is 10.8 Å². The van der Waals surface area contributed by atoms with Gasteiger partial charge in [-0.25, -0.2) is 9.98 Å². The van der Waals surface area contributed by atoms with Crippen LogP contribution in [-0.2, 0) is 0 Å². The highest BCUT2D eigenvalue weighted by Gasteiger charge is 2.24. The van der Waals surface area contributed by atoms with E-state index in [9.17, 15) is 0 Å². The van der Waals surface area contributed by atoms with Gasteiger partial charge in [0.1, 0.15) is 17.8 Å². The Hall–Kier alpha value is -3.11. The number of halogens is 1. The van der Waals surface area contributed by atoms with Crippen molar-refractivity contribution in [3.05, 3.63) is 101 Å². The Morgan fingerprint density at radius 2 is 1.85 bits per heavy atom. The van der Waals surface area contributed by atoms with Crippen molar-refractivity contribution in [3.8, 4) is 0 Å². The molecule has 27 heavy (non-hydrogen) atoms. The summed E-state index contributed by atoms with van der Waals surface area (Å²) in [4.78, 5) is 9.33. The third-order valence-electron chi connectivity index (χ3n) is 4.53. The largest absolute Gasteiger partial charge is 0.344 e. The van der Waals surface area contributed by atoms with Crippen LogP contribution in [0.25, 0.3) is 5.70 Å². The minimum Gasteiger partial charge on any atom is -0.344 e. The van der Waals surface area contributed by atoms with Crippen molar-refractivity contribution in [2.24, 2.45) is 4.99 Å². The second-order valence-electron chi connectivity index (χ2n) is 6.36. The summed E-state index contributed by atoms with van der Waals surface area (Å²) in [5.74, 6) is 1.48. The van der Waals surface area contributed by atoms with Crippen LogP contribution in [0.3, 0.4) is 0 Å². The maximum atomic E-state index is 6.39. The molecule has 0 radical (unpaired) electrons. The number of rotatable bonds is 3. The van der Waals surface area contributed by atoms with Crippen LogP contribution >= 0.6 is 11.6 Å². The zero-order chi connectivity index (χ0) is 18.8. The quantitative estimate of drug-likeness (QED) is 0.664. The van der Waals surface area contributed by atoms with Crippen LogP contribution < -0.4 is 10.6 Å². The van der Waals surface area contributed by atoms with Crippen molar-refractivity contribution < 1.29 is 0 Å². The van der Waals surface area contributed by atoms with Crippen molar-refractivity contribution >= 4 is 29.0 Å². The van der Waals surface area contributed by atoms with Gasteiger partial charge in [-0.1, -0.05) is 60.6 Å². The monoisotopic (exact) mass is 374 g/mol. The summed E-state index contributed by atoms with van der Waals surface area (Å²) < 4.78 is 0. The van der Waals surface area contributed by atoms with E-state index in [1.807, 2.05) is 54.6 Å². The molecule has 0 aliphatic carbocycles. The highest BCUT2D eigenvalue weighted by atomic mass is 35.5. The van der Waals surface area contributed by atoms with E-state index in [0.29, 0.717) is 5.02 Å². The fraction of sp³-hybridized carbons (Fsp3) is 0.0909. The van der Waals surface area contributed by atoms with Gasteiger partial charge in [0.2, 0.25) is 0 Å². The van der Waals surface area contributed by atoms with Gasteiger partial charge >= 0.3 is 0 Å². The predicted molar refractivity (Wildman–Crippen MR) is 112 cm³/mol. The van der Waals surface area contributed by atoms with Crippen LogP contribution in [0, 0.1) is 6.92 Å². The van der Waals surface area contributed by atoms with Crippen LogP contribution in [0.1, 0.15) is 28.4 Å². The van der Waals surface area contributed by atoms with Crippen LogP contribution in [0.15, 0.2) is 78.4 Å². The number of hydrogen-bond acceptors (Lipinski definition) is 4. The molecule has 134 valence electrons. The first-order valence-corrected chi connectivity index (χ1v) is 9.07. The van der Waals surface area contributed by atoms with E-state index in [-0.39, 0.29) is 6.17 Å². The van der Waals surface area contributed by atoms with Crippen LogP contribution in [0.2, 0.25) is 5.02 Å². The molecule has 0 bridgehead atoms. The number of amidine groups is 1. The number of aliphatic imine (C=N–C) groups is 1. The Kier molecular flexibility index (Phi) is 4.65. The Morgan fingerprint density at radius 1 is 1.07 bits per heavy atom. The molecule has 1 aromatic heterocycles. The molecule has 0 fully saturated rings. The number of fused-ring (bicyclic) bond motifs is 1. The highest BCUT2D eigenvalue weighted by Crippen LogP contribution is 2.31. The lowest BCUT2D eigenvalue weighted by Crippen LogP contribution is -2.30. The van der Waals surface area contributed by atoms with E-state index in [1.165, 1.54) is 0 Å². The van der Waals surface area contributed by atoms with Crippen molar-refractivity contribution in [1.29, 1.82) is 0 Å². The number of hydrogen-bond donors (Lipinski definition) is 2. The Labute approximate surface area is 163 Å². The molecule has 0 saturated carbocycles. The van der Waals surface area contributed by atoms with Gasteiger partial charge in [0.15, 0.2) is 0 Å². The fourth-order valence-electron chi connectivity index (χ4n) is 3.14. The molecule has 1 atom stereocenters. The number of nitrogens with one attached hydrogen (secondary N) is 2. The molecule has 1 aliphatic rings. The van der Waals surface area contributed by atoms with Gasteiger partial charge in [0.05, 0.1) is 5.56 Å². The highest BCUT2D eigenvalue weighted by molar-refractivity contribution is 6.31. The summed E-state index contributed by atoms with van der Waals surface area (Å²) in [7, 11) is 0. The van der Waals surface area contributed by atoms with Gasteiger partial charge in [-0.3, -0.25) is 0 Å². The minimum atomic E-state index is -0.326. The number of aryl methyl sites for hydroxylation is 1. The second kappa shape index (κ2) is 7.25. The first-order valence-electron chi connectivity index (χ1n) is 8.69. The normalized spacial score (nSPS) is 15.3. The smallest absolute Gasteiger partial charge is 0.149 e. The SMILES string of the molecule is C=C(NC1=NC(c2ccccc2Cl)Nc2ncccc21)c1ccccc1C. The zero-order valence-electron chi connectivity index (χ0n) is 14.9. The topological polar surface area (TPSA) is 49.3 Å². The molecule has 0 amide bonds. The minimum absolute atomic E-state index is 0.326. The number of anilines is 1. The molecule has 3 aromatic rings. The number of nitrogens with zero attached hydrogens (tertiary/aromatic N) is 2. The average molecular weight is 375 g/mol. The van der Waals surface area contributed by atoms with Crippen LogP contribution in [0.5, 0.6) is 0 Å². The van der Waals surface area contributed by atoms with Crippen molar-refractivity contribution in [2.45, 2.75) is 13.1 Å². The predicted octanol–water partition coefficient (Wildman–Crippen LogP) is 5.17. The molecule has 4 rings (SSSR count). The third kappa shape index (κ3) is 3.44. The second-order valence-corrected chi connectivity index (χ2v) is 6.77. The molecule has 0 saturated heterocycles. The number of pyridine rings is 1. The summed E-state index contributed by atoms with van der Waals surface area (Å²) in [6.07, 6.45) is 1.43. The standard InChI is InChI=1S/C22H19ClN4/c1-14-8-3-4-9-16(14)15(2)25-22-18-11-7-13-24-20(18)26-21(27-22)17-10-5-6-12-19(17)23/h3-13,21H,2H2,1H3,(H,24,26)(H,25,27). The Balaban J connectivity index is 1.73. The summed E-state index contributed by atoms with van der Waals surface area (Å²) in [5.41, 5.74) is 4.80. The maximum absolute atomic E-state index is 6.39. The maximum Gasteiger partial charge on any atom is 0.149 e. The summed E-state index contributed by atoms with van der Waals surface area (Å²) in [6.45, 7) is 6.27. The van der Waals surface area contributed by atoms with Gasteiger partial charge in [0.25, 0.3) is 0 Å². The van der Waals surface area contributed by atoms with Gasteiger partial charge in [-0.05, 0) is 30.7 Å². The van der Waals surface area contributed by atoms with Gasteiger partial charge in [-0.15, -0.1) is 0 Å². The third-order valence-corrected chi connectivity index (χ3v) is 4.88. The average Bonchev–Trinajstić information content (AvgIpc) is 2.68. The lowest BCUT2D eigenvalue weighted by Gasteiger charge is -2.26. The molecule has 4 nitrogen and oxygen atoms in total. The van der Waals surface area contributed by atoms with Gasteiger partial charge in [0, 0.05) is 28.0 Å². The molecule has 5 heteroatoms. The van der Waals surface area contributed by atoms with Crippen LogP contribution in [0.4, 0.5) is 5.82 Å². The van der Waals surface area contributed by atoms with E-state index in [1.54, 1.807) is 6.20 Å². The Bertz CT molecular complexity index is 1040. The lowest BCUT2D eigenvalue weighted by atomic mass is 10.1. The van der Waals surface area contributed by atoms with Crippen molar-refractivity contribution in [1.82, 2.24) is 10.3 Å². The first kappa shape index (κ1) is 17.3. The molecule has 1 aliphatic heterocycles. The molecule has 1 unspecified atom stereocenters. The molecule has 2 heterocycles. The summed E-state index contributed by atoms with van der Waals surface area (Å²) >= 11 is 6.39. The van der Waals surface area contributed by atoms with Crippen molar-refractivity contribution in [2.75, 3.05) is 5.32 Å². The van der Waals surface area contributed by atoms with E-state index in [4.69, 9.17) is 16.6 Å². The molecule has 2 aromatic carbocycles. The zero-order valence-corrected chi connectivity index (χ0v) is 15.7. The first-order chi connectivity index (χ1) is 13.1. The molecule has 2 N–H and O–H groups in total. The summed E-state index contributed by atoms with van der Waals surface area (Å²) in [6, 6.07) is 19.7. The Morgan fingerprint density at radius 3 is 2.67 bits per heavy atom. The molecular weight excluding hydrogens is 356 g/mol. The fourth-order valence-corrected chi connectivity index (χ4v) is 3.38. The van der Waals surface area contributed by atoms with E-state index < -0.39 is 0 Å². The van der Waals surface area contributed by atoms with Gasteiger partial charge < -0.3 is 10.6 Å².